The summed E-state index contributed by atoms with van der Waals surface area (Å²) in [7, 11) is 0. The van der Waals surface area contributed by atoms with E-state index in [0.29, 0.717) is 0 Å². The smallest absolute Gasteiger partial charge is 0.0434 e. The highest BCUT2D eigenvalue weighted by molar-refractivity contribution is 7.27. The Morgan fingerprint density at radius 3 is 0.924 bits per heavy atom. The van der Waals surface area contributed by atoms with Crippen LogP contribution in [-0.4, -0.2) is 0 Å². The first kappa shape index (κ1) is 81.5. The molecule has 25 aromatic rings. The summed E-state index contributed by atoms with van der Waals surface area (Å²) in [5.41, 5.74) is 37.2. The highest BCUT2D eigenvalue weighted by Crippen LogP contribution is 2.50. The molecule has 0 spiro atoms. The molecule has 0 amide bonds. The summed E-state index contributed by atoms with van der Waals surface area (Å²) in [4.78, 5) is 0. The number of thiophene rings is 3. The molecule has 0 saturated heterocycles. The number of hydrogen-bond donors (Lipinski definition) is 0. The van der Waals surface area contributed by atoms with Gasteiger partial charge in [0, 0.05) is 71.6 Å². The molecule has 3 heteroatoms. The highest BCUT2D eigenvalue weighted by Gasteiger charge is 2.23. The van der Waals surface area contributed by atoms with Crippen molar-refractivity contribution in [1.29, 1.82) is 0 Å². The zero-order valence-electron chi connectivity index (χ0n) is 75.4. The highest BCUT2D eigenvalue weighted by atomic mass is 32.1. The van der Waals surface area contributed by atoms with Crippen LogP contribution < -0.4 is 0 Å². The average Bonchev–Trinajstić information content (AvgIpc) is 1.58. The molecule has 22 aromatic carbocycles. The summed E-state index contributed by atoms with van der Waals surface area (Å²) in [5, 5.41) is 23.5. The van der Waals surface area contributed by atoms with Gasteiger partial charge in [-0.1, -0.05) is 361 Å². The molecule has 0 nitrogen and oxygen atoms in total. The lowest BCUT2D eigenvalue weighted by atomic mass is 9.89. The lowest BCUT2D eigenvalue weighted by molar-refractivity contribution is 1.32. The molecule has 0 aliphatic heterocycles. The fraction of sp³-hybridized carbons (Fsp3) is 0.0698. The topological polar surface area (TPSA) is 0 Å². The second kappa shape index (κ2) is 33.5. The first-order valence-corrected chi connectivity index (χ1v) is 48.3. The van der Waals surface area contributed by atoms with Crippen LogP contribution in [0.25, 0.3) is 236 Å². The molecular formula is C129H94S3. The van der Waals surface area contributed by atoms with Crippen LogP contribution in [0.1, 0.15) is 50.1 Å². The van der Waals surface area contributed by atoms with Gasteiger partial charge in [-0.05, 0) is 322 Å². The molecule has 0 radical (unpaired) electrons. The van der Waals surface area contributed by atoms with Crippen LogP contribution in [-0.2, 0) is 0 Å². The molecule has 0 bridgehead atoms. The molecule has 0 aliphatic carbocycles. The predicted molar refractivity (Wildman–Crippen MR) is 580 cm³/mol. The van der Waals surface area contributed by atoms with Gasteiger partial charge in [0.05, 0.1) is 0 Å². The summed E-state index contributed by atoms with van der Waals surface area (Å²) < 4.78 is 8.03. The third-order valence-corrected chi connectivity index (χ3v) is 31.0. The maximum Gasteiger partial charge on any atom is 0.0434 e. The summed E-state index contributed by atoms with van der Waals surface area (Å²) in [5.74, 6) is 0. The Morgan fingerprint density at radius 1 is 0.136 bits per heavy atom. The van der Waals surface area contributed by atoms with Gasteiger partial charge in [-0.3, -0.25) is 0 Å². The van der Waals surface area contributed by atoms with Crippen LogP contribution >= 0.6 is 34.0 Å². The van der Waals surface area contributed by atoms with Crippen molar-refractivity contribution in [3.63, 3.8) is 0 Å². The van der Waals surface area contributed by atoms with Gasteiger partial charge in [0.2, 0.25) is 0 Å². The van der Waals surface area contributed by atoms with E-state index in [1.807, 2.05) is 34.0 Å². The lowest BCUT2D eigenvalue weighted by Crippen LogP contribution is -1.92. The van der Waals surface area contributed by atoms with Gasteiger partial charge in [0.25, 0.3) is 0 Å². The zero-order valence-corrected chi connectivity index (χ0v) is 77.9. The van der Waals surface area contributed by atoms with Gasteiger partial charge in [0.15, 0.2) is 0 Å². The number of fused-ring (bicyclic) bond motifs is 18. The van der Waals surface area contributed by atoms with Gasteiger partial charge in [-0.25, -0.2) is 0 Å². The van der Waals surface area contributed by atoms with Gasteiger partial charge >= 0.3 is 0 Å². The second-order valence-electron chi connectivity index (χ2n) is 36.3. The van der Waals surface area contributed by atoms with Crippen molar-refractivity contribution in [1.82, 2.24) is 0 Å². The van der Waals surface area contributed by atoms with E-state index in [1.54, 1.807) is 0 Å². The molecule has 25 rings (SSSR count). The summed E-state index contributed by atoms with van der Waals surface area (Å²) >= 11 is 5.70. The number of benzene rings is 22. The van der Waals surface area contributed by atoms with E-state index in [-0.39, 0.29) is 0 Å². The second-order valence-corrected chi connectivity index (χ2v) is 39.5. The van der Waals surface area contributed by atoms with Crippen molar-refractivity contribution in [2.24, 2.45) is 0 Å². The largest absolute Gasteiger partial charge is 0.135 e. The third-order valence-electron chi connectivity index (χ3n) is 27.3. The van der Waals surface area contributed by atoms with E-state index in [4.69, 9.17) is 0 Å². The van der Waals surface area contributed by atoms with Crippen LogP contribution in [0.15, 0.2) is 406 Å². The number of rotatable bonds is 10. The van der Waals surface area contributed by atoms with Crippen LogP contribution in [0, 0.1) is 62.3 Å². The molecule has 0 fully saturated rings. The van der Waals surface area contributed by atoms with E-state index < -0.39 is 0 Å². The van der Waals surface area contributed by atoms with Crippen molar-refractivity contribution in [3.8, 4) is 111 Å². The van der Waals surface area contributed by atoms with Crippen molar-refractivity contribution >= 4 is 159 Å². The minimum atomic E-state index is 1.24. The predicted octanol–water partition coefficient (Wildman–Crippen LogP) is 38.5. The Morgan fingerprint density at radius 2 is 0.447 bits per heavy atom. The SMILES string of the molecule is Cc1cc(C)c(-c2ccc3sc4c(-c5ccc(-c6cc7ccccc7c7ccccc67)cc5)cc(-c5c(C)cc(C)cc5C)cc4c3c2)c(C)c1.Cc1ccc(-c2ccc3sc4c(-c5ccc(-c6cc7ccccc7c7ccccc67)cc5)cc(-c5ccc(C)cc5)cc4c3c2)cc1.Cc1ccc2cc(-c3ccc(-c4cccc5c4sc4ccccc45)cc3)c3ccccc3c2c1. The minimum Gasteiger partial charge on any atom is -0.135 e. The molecular weight excluding hydrogens is 1650 g/mol. The Bertz CT molecular complexity index is 8890. The maximum absolute atomic E-state index is 2.45. The van der Waals surface area contributed by atoms with Crippen LogP contribution in [0.3, 0.4) is 0 Å². The quantitative estimate of drug-likeness (QED) is 0.120. The van der Waals surface area contributed by atoms with E-state index in [0.717, 1.165) is 0 Å². The first-order valence-electron chi connectivity index (χ1n) is 45.9. The number of hydrogen-bond acceptors (Lipinski definition) is 3. The Labute approximate surface area is 783 Å². The lowest BCUT2D eigenvalue weighted by Gasteiger charge is -2.15. The molecule has 0 saturated carbocycles. The minimum absolute atomic E-state index is 1.24. The van der Waals surface area contributed by atoms with Crippen molar-refractivity contribution in [2.75, 3.05) is 0 Å². The Kier molecular flexibility index (Phi) is 20.7. The van der Waals surface area contributed by atoms with Gasteiger partial charge in [-0.15, -0.1) is 34.0 Å². The summed E-state index contributed by atoms with van der Waals surface area (Å²) in [6.07, 6.45) is 0. The summed E-state index contributed by atoms with van der Waals surface area (Å²) in [6, 6.07) is 151. The number of aryl methyl sites for hydroxylation is 9. The van der Waals surface area contributed by atoms with Crippen LogP contribution in [0.5, 0.6) is 0 Å². The van der Waals surface area contributed by atoms with Crippen molar-refractivity contribution < 1.29 is 0 Å². The van der Waals surface area contributed by atoms with Crippen LogP contribution in [0.2, 0.25) is 0 Å². The normalized spacial score (nSPS) is 11.7. The molecule has 3 heterocycles. The van der Waals surface area contributed by atoms with Crippen molar-refractivity contribution in [3.05, 3.63) is 457 Å². The van der Waals surface area contributed by atoms with Crippen LogP contribution in [0.4, 0.5) is 0 Å². The van der Waals surface area contributed by atoms with Gasteiger partial charge in [0.1, 0.15) is 0 Å². The third kappa shape index (κ3) is 14.8. The molecule has 0 N–H and O–H groups in total. The fourth-order valence-electron chi connectivity index (χ4n) is 21.1. The maximum atomic E-state index is 2.45. The molecule has 0 atom stereocenters. The average molecular weight is 1740 g/mol. The van der Waals surface area contributed by atoms with Crippen molar-refractivity contribution in [2.45, 2.75) is 62.3 Å². The first-order chi connectivity index (χ1) is 64.6. The Balaban J connectivity index is 0.000000114. The zero-order chi connectivity index (χ0) is 89.1. The molecule has 132 heavy (non-hydrogen) atoms. The molecule has 0 aliphatic rings. The van der Waals surface area contributed by atoms with E-state index in [9.17, 15) is 0 Å². The standard InChI is InChI=1S/C50H40S.C46H32S.C33H22S/c1-29-21-31(3)48(32(4)22-29)38-19-20-47-45(26-38)46-28-39(49-33(5)23-30(2)24-34(49)6)27-44(50(46)51-47)36-17-15-35(16-18-36)43-25-37-11-7-8-12-40(37)41-13-9-10-14-42(41)43;1-29-11-15-31(16-12-29)35-23-24-45-43(25-35)44-28-37(32-17-13-30(2)14-18-32)27-42(46(44)47-45)34-21-19-33(20-22-34)41-26-36-7-3-4-8-38(36)39-9-5-6-10-40(39)41;1-21-13-14-24-20-31(27-8-3-2-7-26(27)30(24)19-21)23-17-15-22(16-18-23)25-10-6-11-29-28-9-4-5-12-32(28)34-33(25)29/h7-28H,1-6H3;3-28H,1-2H3;2-20H,1H3. The molecule has 3 aromatic heterocycles. The molecule has 628 valence electrons. The van der Waals surface area contributed by atoms with E-state index >= 15 is 0 Å². The monoisotopic (exact) mass is 1740 g/mol. The van der Waals surface area contributed by atoms with Gasteiger partial charge in [-0.2, -0.15) is 0 Å². The Hall–Kier alpha value is -14.9. The fourth-order valence-corrected chi connectivity index (χ4v) is 24.7. The van der Waals surface area contributed by atoms with E-state index in [1.165, 1.54) is 286 Å². The van der Waals surface area contributed by atoms with Gasteiger partial charge < -0.3 is 0 Å². The van der Waals surface area contributed by atoms with E-state index in [2.05, 4.69) is 469 Å². The molecule has 0 unspecified atom stereocenters. The summed E-state index contributed by atoms with van der Waals surface area (Å²) in [6.45, 7) is 19.8.